The lowest BCUT2D eigenvalue weighted by Crippen LogP contribution is -2.55. The molecule has 3 aromatic rings. The number of hydrogen-bond acceptors (Lipinski definition) is 7. The molecule has 2 unspecified atom stereocenters. The summed E-state index contributed by atoms with van der Waals surface area (Å²) in [4.78, 5) is 25.0. The molecule has 2 aromatic heterocycles. The number of rotatable bonds is 5. The van der Waals surface area contributed by atoms with Crippen LogP contribution in [0.1, 0.15) is 18.1 Å². The van der Waals surface area contributed by atoms with Crippen LogP contribution in [-0.4, -0.2) is 69.5 Å². The number of pyridine rings is 1. The fourth-order valence-electron chi connectivity index (χ4n) is 3.84. The summed E-state index contributed by atoms with van der Waals surface area (Å²) in [6.07, 6.45) is 0.704. The SMILES string of the molecule is Cc1ccc2nc(NC(=O)N3CCN(c4ncc(CC(O)CO)cc4F)C(C)C3)sc2c1. The van der Waals surface area contributed by atoms with Gasteiger partial charge in [-0.15, -0.1) is 0 Å². The molecule has 3 N–H and O–H groups in total. The number of benzene rings is 1. The first kappa shape index (κ1) is 22.4. The Labute approximate surface area is 189 Å². The molecular formula is C22H26FN5O3S. The summed E-state index contributed by atoms with van der Waals surface area (Å²) < 4.78 is 15.7. The number of hydrogen-bond donors (Lipinski definition) is 3. The minimum atomic E-state index is -0.942. The predicted octanol–water partition coefficient (Wildman–Crippen LogP) is 2.78. The smallest absolute Gasteiger partial charge is 0.323 e. The number of aliphatic hydroxyl groups is 2. The fourth-order valence-corrected chi connectivity index (χ4v) is 4.80. The van der Waals surface area contributed by atoms with E-state index in [1.165, 1.54) is 23.6 Å². The van der Waals surface area contributed by atoms with Crippen molar-refractivity contribution in [3.63, 3.8) is 0 Å². The van der Waals surface area contributed by atoms with E-state index in [1.54, 1.807) is 4.90 Å². The van der Waals surface area contributed by atoms with E-state index >= 15 is 0 Å². The maximum Gasteiger partial charge on any atom is 0.323 e. The summed E-state index contributed by atoms with van der Waals surface area (Å²) >= 11 is 1.44. The van der Waals surface area contributed by atoms with Gasteiger partial charge in [-0.3, -0.25) is 5.32 Å². The predicted molar refractivity (Wildman–Crippen MR) is 123 cm³/mol. The molecule has 0 bridgehead atoms. The number of thiazole rings is 1. The van der Waals surface area contributed by atoms with Crippen molar-refractivity contribution in [2.75, 3.05) is 36.5 Å². The standard InChI is InChI=1S/C22H26FN5O3S/c1-13-3-4-18-19(7-13)32-21(25-18)26-22(31)27-5-6-28(14(2)11-27)20-17(23)9-15(10-24-20)8-16(30)12-29/h3-4,7,9-10,14,16,29-30H,5-6,8,11-12H2,1-2H3,(H,25,26,31). The van der Waals surface area contributed by atoms with E-state index in [0.29, 0.717) is 30.3 Å². The Bertz CT molecular complexity index is 1120. The highest BCUT2D eigenvalue weighted by molar-refractivity contribution is 7.22. The number of fused-ring (bicyclic) bond motifs is 1. The van der Waals surface area contributed by atoms with Crippen LogP contribution in [0.15, 0.2) is 30.5 Å². The highest BCUT2D eigenvalue weighted by Gasteiger charge is 2.29. The molecule has 4 rings (SSSR count). The molecule has 170 valence electrons. The molecule has 1 aliphatic heterocycles. The fraction of sp³-hybridized carbons (Fsp3) is 0.409. The lowest BCUT2D eigenvalue weighted by molar-refractivity contribution is 0.0954. The van der Waals surface area contributed by atoms with Crippen LogP contribution < -0.4 is 10.2 Å². The topological polar surface area (TPSA) is 102 Å². The number of halogens is 1. The number of anilines is 2. The van der Waals surface area contributed by atoms with Gasteiger partial charge in [-0.25, -0.2) is 19.2 Å². The molecular weight excluding hydrogens is 433 g/mol. The number of nitrogens with zero attached hydrogens (tertiary/aromatic N) is 4. The third-order valence-electron chi connectivity index (χ3n) is 5.51. The number of aromatic nitrogens is 2. The van der Waals surface area contributed by atoms with Crippen molar-refractivity contribution in [2.45, 2.75) is 32.4 Å². The van der Waals surface area contributed by atoms with Crippen LogP contribution in [0.5, 0.6) is 0 Å². The minimum absolute atomic E-state index is 0.134. The van der Waals surface area contributed by atoms with Gasteiger partial charge in [0.15, 0.2) is 16.8 Å². The van der Waals surface area contributed by atoms with Gasteiger partial charge in [-0.05, 0) is 43.2 Å². The largest absolute Gasteiger partial charge is 0.394 e. The molecule has 3 heterocycles. The van der Waals surface area contributed by atoms with Gasteiger partial charge in [0.1, 0.15) is 0 Å². The number of amides is 2. The van der Waals surface area contributed by atoms with Gasteiger partial charge in [-0.1, -0.05) is 17.4 Å². The first-order valence-electron chi connectivity index (χ1n) is 10.5. The molecule has 0 aliphatic carbocycles. The van der Waals surface area contributed by atoms with E-state index in [0.717, 1.165) is 15.8 Å². The number of piperazine rings is 1. The van der Waals surface area contributed by atoms with E-state index in [9.17, 15) is 14.3 Å². The molecule has 10 heteroatoms. The molecule has 0 radical (unpaired) electrons. The summed E-state index contributed by atoms with van der Waals surface area (Å²) in [5.74, 6) is -0.261. The number of carbonyl (C=O) groups excluding carboxylic acids is 1. The van der Waals surface area contributed by atoms with Crippen molar-refractivity contribution in [3.05, 3.63) is 47.4 Å². The van der Waals surface area contributed by atoms with Crippen LogP contribution in [-0.2, 0) is 6.42 Å². The third kappa shape index (κ3) is 4.82. The zero-order valence-electron chi connectivity index (χ0n) is 18.0. The Hall–Kier alpha value is -2.82. The average Bonchev–Trinajstić information content (AvgIpc) is 3.15. The molecule has 2 atom stereocenters. The van der Waals surface area contributed by atoms with Crippen molar-refractivity contribution in [1.29, 1.82) is 0 Å². The molecule has 8 nitrogen and oxygen atoms in total. The van der Waals surface area contributed by atoms with Crippen LogP contribution in [0.3, 0.4) is 0 Å². The molecule has 0 spiro atoms. The summed E-state index contributed by atoms with van der Waals surface area (Å²) in [6, 6.07) is 6.94. The maximum atomic E-state index is 14.7. The summed E-state index contributed by atoms with van der Waals surface area (Å²) in [6.45, 7) is 4.83. The monoisotopic (exact) mass is 459 g/mol. The van der Waals surface area contributed by atoms with Gasteiger partial charge in [0.25, 0.3) is 0 Å². The van der Waals surface area contributed by atoms with Crippen molar-refractivity contribution in [3.8, 4) is 0 Å². The Morgan fingerprint density at radius 2 is 2.19 bits per heavy atom. The van der Waals surface area contributed by atoms with E-state index < -0.39 is 11.9 Å². The van der Waals surface area contributed by atoms with Crippen molar-refractivity contribution in [1.82, 2.24) is 14.9 Å². The molecule has 0 saturated carbocycles. The molecule has 1 aliphatic rings. The van der Waals surface area contributed by atoms with Gasteiger partial charge in [0.05, 0.1) is 22.9 Å². The quantitative estimate of drug-likeness (QED) is 0.542. The second kappa shape index (κ2) is 9.35. The third-order valence-corrected chi connectivity index (χ3v) is 6.44. The lowest BCUT2D eigenvalue weighted by Gasteiger charge is -2.40. The van der Waals surface area contributed by atoms with E-state index in [-0.39, 0.29) is 30.9 Å². The van der Waals surface area contributed by atoms with Crippen LogP contribution in [0.2, 0.25) is 0 Å². The van der Waals surface area contributed by atoms with Gasteiger partial charge in [0.2, 0.25) is 0 Å². The second-order valence-electron chi connectivity index (χ2n) is 8.10. The Morgan fingerprint density at radius 3 is 2.91 bits per heavy atom. The van der Waals surface area contributed by atoms with Crippen molar-refractivity contribution < 1.29 is 19.4 Å². The number of urea groups is 1. The van der Waals surface area contributed by atoms with Gasteiger partial charge >= 0.3 is 6.03 Å². The number of aliphatic hydroxyl groups excluding tert-OH is 2. The lowest BCUT2D eigenvalue weighted by atomic mass is 10.1. The summed E-state index contributed by atoms with van der Waals surface area (Å²) in [5.41, 5.74) is 2.51. The summed E-state index contributed by atoms with van der Waals surface area (Å²) in [7, 11) is 0. The number of aryl methyl sites for hydroxylation is 1. The highest BCUT2D eigenvalue weighted by atomic mass is 32.1. The molecule has 1 saturated heterocycles. The zero-order valence-corrected chi connectivity index (χ0v) is 18.8. The van der Waals surface area contributed by atoms with Gasteiger partial charge in [0, 0.05) is 38.3 Å². The first-order chi connectivity index (χ1) is 15.3. The molecule has 1 aromatic carbocycles. The van der Waals surface area contributed by atoms with E-state index in [1.807, 2.05) is 36.9 Å². The average molecular weight is 460 g/mol. The Balaban J connectivity index is 1.39. The number of nitrogens with one attached hydrogen (secondary N) is 1. The van der Waals surface area contributed by atoms with Crippen LogP contribution in [0, 0.1) is 12.7 Å². The highest BCUT2D eigenvalue weighted by Crippen LogP contribution is 2.27. The Morgan fingerprint density at radius 1 is 1.38 bits per heavy atom. The summed E-state index contributed by atoms with van der Waals surface area (Å²) in [5, 5.41) is 21.9. The van der Waals surface area contributed by atoms with Crippen molar-refractivity contribution in [2.24, 2.45) is 0 Å². The van der Waals surface area contributed by atoms with E-state index in [2.05, 4.69) is 15.3 Å². The van der Waals surface area contributed by atoms with Crippen LogP contribution >= 0.6 is 11.3 Å². The molecule has 32 heavy (non-hydrogen) atoms. The van der Waals surface area contributed by atoms with Crippen LogP contribution in [0.4, 0.5) is 20.1 Å². The van der Waals surface area contributed by atoms with E-state index in [4.69, 9.17) is 5.11 Å². The Kier molecular flexibility index (Phi) is 6.54. The first-order valence-corrected chi connectivity index (χ1v) is 11.3. The van der Waals surface area contributed by atoms with Gasteiger partial charge < -0.3 is 20.0 Å². The molecule has 2 amide bonds. The minimum Gasteiger partial charge on any atom is -0.394 e. The zero-order chi connectivity index (χ0) is 22.8. The normalized spacial score (nSPS) is 17.6. The van der Waals surface area contributed by atoms with Crippen LogP contribution in [0.25, 0.3) is 10.2 Å². The molecule has 1 fully saturated rings. The van der Waals surface area contributed by atoms with Gasteiger partial charge in [-0.2, -0.15) is 0 Å². The second-order valence-corrected chi connectivity index (χ2v) is 9.13. The number of carbonyl (C=O) groups is 1. The van der Waals surface area contributed by atoms with Crippen molar-refractivity contribution >= 4 is 38.5 Å². The maximum absolute atomic E-state index is 14.7.